The minimum atomic E-state index is -0.145. The molecule has 170 valence electrons. The predicted molar refractivity (Wildman–Crippen MR) is 136 cm³/mol. The molecule has 1 N–H and O–H groups in total. The molecule has 7 nitrogen and oxygen atoms in total. The van der Waals surface area contributed by atoms with Gasteiger partial charge < -0.3 is 5.32 Å². The van der Waals surface area contributed by atoms with Gasteiger partial charge in [0.05, 0.1) is 22.7 Å². The van der Waals surface area contributed by atoms with Crippen molar-refractivity contribution in [3.63, 3.8) is 0 Å². The van der Waals surface area contributed by atoms with Gasteiger partial charge in [-0.05, 0) is 35.4 Å². The zero-order valence-electron chi connectivity index (χ0n) is 18.6. The number of fused-ring (bicyclic) bond motifs is 4. The van der Waals surface area contributed by atoms with E-state index in [9.17, 15) is 9.59 Å². The van der Waals surface area contributed by atoms with E-state index in [4.69, 9.17) is 0 Å². The fourth-order valence-corrected chi connectivity index (χ4v) is 4.99. The number of thioether (sulfide) groups is 1. The highest BCUT2D eigenvalue weighted by atomic mass is 32.2. The maximum absolute atomic E-state index is 12.9. The topological polar surface area (TPSA) is 81.3 Å². The van der Waals surface area contributed by atoms with Crippen molar-refractivity contribution in [1.29, 1.82) is 0 Å². The molecule has 5 rings (SSSR count). The van der Waals surface area contributed by atoms with Gasteiger partial charge in [-0.15, -0.1) is 16.8 Å². The number of carbonyl (C=O) groups is 1. The first-order chi connectivity index (χ1) is 16.6. The van der Waals surface area contributed by atoms with E-state index in [1.54, 1.807) is 12.1 Å². The summed E-state index contributed by atoms with van der Waals surface area (Å²) in [7, 11) is 0. The van der Waals surface area contributed by atoms with E-state index in [1.165, 1.54) is 16.3 Å². The Morgan fingerprint density at radius 3 is 2.62 bits per heavy atom. The molecule has 2 aromatic heterocycles. The number of benzene rings is 3. The van der Waals surface area contributed by atoms with Gasteiger partial charge in [-0.1, -0.05) is 72.4 Å². The van der Waals surface area contributed by atoms with Gasteiger partial charge in [-0.2, -0.15) is 0 Å². The van der Waals surface area contributed by atoms with Crippen LogP contribution in [0.4, 0.5) is 0 Å². The molecular weight excluding hydrogens is 446 g/mol. The summed E-state index contributed by atoms with van der Waals surface area (Å²) in [6.07, 6.45) is 1.65. The van der Waals surface area contributed by atoms with E-state index in [-0.39, 0.29) is 23.3 Å². The quantitative estimate of drug-likeness (QED) is 0.283. The maximum Gasteiger partial charge on any atom is 0.263 e. The van der Waals surface area contributed by atoms with Gasteiger partial charge in [0.25, 0.3) is 5.56 Å². The molecule has 0 aliphatic rings. The highest BCUT2D eigenvalue weighted by Gasteiger charge is 2.18. The van der Waals surface area contributed by atoms with E-state index < -0.39 is 0 Å². The molecule has 0 radical (unpaired) electrons. The number of aromatic nitrogens is 4. The number of carbonyl (C=O) groups excluding carboxylic acids is 1. The molecule has 8 heteroatoms. The predicted octanol–water partition coefficient (Wildman–Crippen LogP) is 4.35. The van der Waals surface area contributed by atoms with Crippen LogP contribution >= 0.6 is 11.8 Å². The second-order valence-electron chi connectivity index (χ2n) is 7.99. The molecule has 0 saturated carbocycles. The van der Waals surface area contributed by atoms with E-state index in [0.717, 1.165) is 16.3 Å². The van der Waals surface area contributed by atoms with Crippen molar-refractivity contribution >= 4 is 45.1 Å². The number of allylic oxidation sites excluding steroid dienone is 1. The van der Waals surface area contributed by atoms with Gasteiger partial charge in [0, 0.05) is 6.54 Å². The molecule has 34 heavy (non-hydrogen) atoms. The van der Waals surface area contributed by atoms with Gasteiger partial charge in [0.15, 0.2) is 5.16 Å². The number of rotatable bonds is 7. The average molecular weight is 470 g/mol. The fourth-order valence-electron chi connectivity index (χ4n) is 4.24. The number of amides is 1. The number of hydrogen-bond acceptors (Lipinski definition) is 5. The Morgan fingerprint density at radius 1 is 1.06 bits per heavy atom. The van der Waals surface area contributed by atoms with Crippen molar-refractivity contribution in [3.8, 4) is 0 Å². The number of para-hydroxylation sites is 1. The first-order valence-corrected chi connectivity index (χ1v) is 11.9. The van der Waals surface area contributed by atoms with Gasteiger partial charge in [-0.3, -0.25) is 18.6 Å². The lowest BCUT2D eigenvalue weighted by Crippen LogP contribution is -2.28. The van der Waals surface area contributed by atoms with Crippen molar-refractivity contribution in [2.24, 2.45) is 0 Å². The highest BCUT2D eigenvalue weighted by molar-refractivity contribution is 7.99. The molecule has 0 aliphatic heterocycles. The zero-order chi connectivity index (χ0) is 23.7. The van der Waals surface area contributed by atoms with Crippen LogP contribution in [-0.2, 0) is 11.3 Å². The minimum Gasteiger partial charge on any atom is -0.349 e. The van der Waals surface area contributed by atoms with Crippen LogP contribution in [0, 0.1) is 0 Å². The summed E-state index contributed by atoms with van der Waals surface area (Å²) >= 11 is 1.29. The van der Waals surface area contributed by atoms with E-state index >= 15 is 0 Å². The van der Waals surface area contributed by atoms with Crippen molar-refractivity contribution in [2.75, 3.05) is 5.75 Å². The van der Waals surface area contributed by atoms with Crippen LogP contribution in [0.25, 0.3) is 27.5 Å². The van der Waals surface area contributed by atoms with Gasteiger partial charge in [-0.25, -0.2) is 0 Å². The Labute approximate surface area is 200 Å². The van der Waals surface area contributed by atoms with Gasteiger partial charge in [0.2, 0.25) is 11.7 Å². The standard InChI is InChI=1S/C26H23N5O2S/c1-3-15-30-24(33)21-12-6-7-14-22(21)31-25(30)28-29-26(31)34-16-23(32)27-17(2)19-13-8-10-18-9-4-5-11-20(18)19/h3-14,17H,1,15-16H2,2H3,(H,27,32). The van der Waals surface area contributed by atoms with E-state index in [2.05, 4.69) is 40.3 Å². The average Bonchev–Trinajstić information content (AvgIpc) is 3.29. The summed E-state index contributed by atoms with van der Waals surface area (Å²) in [5, 5.41) is 15.0. The number of hydrogen-bond donors (Lipinski definition) is 1. The van der Waals surface area contributed by atoms with Crippen LogP contribution in [0.1, 0.15) is 18.5 Å². The van der Waals surface area contributed by atoms with Crippen LogP contribution in [0.15, 0.2) is 89.3 Å². The largest absolute Gasteiger partial charge is 0.349 e. The Bertz CT molecular complexity index is 1600. The van der Waals surface area contributed by atoms with Gasteiger partial charge >= 0.3 is 0 Å². The maximum atomic E-state index is 12.9. The van der Waals surface area contributed by atoms with Crippen molar-refractivity contribution in [1.82, 2.24) is 24.5 Å². The van der Waals surface area contributed by atoms with E-state index in [0.29, 0.717) is 28.4 Å². The van der Waals surface area contributed by atoms with Crippen LogP contribution < -0.4 is 10.9 Å². The van der Waals surface area contributed by atoms with E-state index in [1.807, 2.05) is 53.8 Å². The van der Waals surface area contributed by atoms with Gasteiger partial charge in [0.1, 0.15) is 0 Å². The zero-order valence-corrected chi connectivity index (χ0v) is 19.5. The molecule has 0 spiro atoms. The Balaban J connectivity index is 1.40. The fraction of sp³-hybridized carbons (Fsp3) is 0.154. The lowest BCUT2D eigenvalue weighted by Gasteiger charge is -2.16. The first kappa shape index (κ1) is 21.9. The lowest BCUT2D eigenvalue weighted by atomic mass is 10.00. The third-order valence-electron chi connectivity index (χ3n) is 5.79. The molecule has 1 amide bonds. The smallest absolute Gasteiger partial charge is 0.263 e. The Morgan fingerprint density at radius 2 is 1.79 bits per heavy atom. The molecule has 0 saturated heterocycles. The van der Waals surface area contributed by atoms with Crippen LogP contribution in [0.5, 0.6) is 0 Å². The molecule has 0 bridgehead atoms. The van der Waals surface area contributed by atoms with Crippen LogP contribution in [0.3, 0.4) is 0 Å². The second kappa shape index (κ2) is 9.15. The van der Waals surface area contributed by atoms with Crippen molar-refractivity contribution < 1.29 is 4.79 Å². The van der Waals surface area contributed by atoms with Crippen LogP contribution in [-0.4, -0.2) is 30.8 Å². The summed E-state index contributed by atoms with van der Waals surface area (Å²) in [4.78, 5) is 25.7. The first-order valence-electron chi connectivity index (χ1n) is 11.0. The molecule has 0 fully saturated rings. The summed E-state index contributed by atoms with van der Waals surface area (Å²) in [6.45, 7) is 6.05. The SMILES string of the molecule is C=CCn1c(=O)c2ccccc2n2c(SCC(=O)NC(C)c3cccc4ccccc34)nnc12. The normalized spacial score (nSPS) is 12.3. The molecule has 5 aromatic rings. The van der Waals surface area contributed by atoms with Crippen LogP contribution in [0.2, 0.25) is 0 Å². The molecule has 1 unspecified atom stereocenters. The highest BCUT2D eigenvalue weighted by Crippen LogP contribution is 2.25. The molecule has 1 atom stereocenters. The minimum absolute atomic E-state index is 0.106. The van der Waals surface area contributed by atoms with Crippen molar-refractivity contribution in [2.45, 2.75) is 24.7 Å². The lowest BCUT2D eigenvalue weighted by molar-refractivity contribution is -0.119. The number of nitrogens with zero attached hydrogens (tertiary/aromatic N) is 4. The third-order valence-corrected chi connectivity index (χ3v) is 6.72. The van der Waals surface area contributed by atoms with Crippen molar-refractivity contribution in [3.05, 3.63) is 95.3 Å². The molecule has 3 aromatic carbocycles. The monoisotopic (exact) mass is 469 g/mol. The Hall–Kier alpha value is -3.91. The molecule has 2 heterocycles. The number of nitrogens with one attached hydrogen (secondary N) is 1. The third kappa shape index (κ3) is 3.86. The summed E-state index contributed by atoms with van der Waals surface area (Å²) < 4.78 is 3.36. The Kier molecular flexibility index (Phi) is 5.90. The summed E-state index contributed by atoms with van der Waals surface area (Å²) in [5.41, 5.74) is 1.64. The summed E-state index contributed by atoms with van der Waals surface area (Å²) in [5.74, 6) is 0.492. The molecule has 0 aliphatic carbocycles. The summed E-state index contributed by atoms with van der Waals surface area (Å²) in [6, 6.07) is 21.4. The molecular formula is C26H23N5O2S. The second-order valence-corrected chi connectivity index (χ2v) is 8.93.